The van der Waals surface area contributed by atoms with Gasteiger partial charge in [-0.3, -0.25) is 15.2 Å². The highest BCUT2D eigenvalue weighted by atomic mass is 19.4. The van der Waals surface area contributed by atoms with Crippen LogP contribution in [-0.2, 0) is 12.7 Å². The van der Waals surface area contributed by atoms with Crippen molar-refractivity contribution >= 4 is 11.6 Å². The Morgan fingerprint density at radius 1 is 1.14 bits per heavy atom. The zero-order chi connectivity index (χ0) is 25.5. The topological polar surface area (TPSA) is 88.6 Å². The molecule has 1 aromatic carbocycles. The zero-order valence-electron chi connectivity index (χ0n) is 19.6. The van der Waals surface area contributed by atoms with Gasteiger partial charge in [0, 0.05) is 56.0 Å². The normalized spacial score (nSPS) is 14.9. The number of nitrogens with one attached hydrogen (secondary N) is 2. The molecule has 1 aliphatic rings. The van der Waals surface area contributed by atoms with Crippen LogP contribution in [0.25, 0.3) is 0 Å². The highest BCUT2D eigenvalue weighted by Gasteiger charge is 2.32. The number of amides is 1. The second kappa shape index (κ2) is 11.4. The maximum absolute atomic E-state index is 13.5. The monoisotopic (exact) mass is 501 g/mol. The smallest absolute Gasteiger partial charge is 0.416 e. The number of ether oxygens (including phenoxy) is 2. The summed E-state index contributed by atoms with van der Waals surface area (Å²) >= 11 is 0. The minimum absolute atomic E-state index is 0.000518. The molecule has 2 N–H and O–H groups in total. The number of hydrogen-bond acceptors (Lipinski definition) is 7. The van der Waals surface area contributed by atoms with Gasteiger partial charge in [-0.05, 0) is 48.7 Å². The van der Waals surface area contributed by atoms with E-state index in [2.05, 4.69) is 25.7 Å². The predicted molar refractivity (Wildman–Crippen MR) is 126 cm³/mol. The fourth-order valence-corrected chi connectivity index (χ4v) is 3.80. The van der Waals surface area contributed by atoms with Gasteiger partial charge in [-0.15, -0.1) is 0 Å². The fourth-order valence-electron chi connectivity index (χ4n) is 3.80. The number of alkyl halides is 3. The number of halogens is 3. The molecule has 36 heavy (non-hydrogen) atoms. The molecule has 0 spiro atoms. The van der Waals surface area contributed by atoms with E-state index in [-0.39, 0.29) is 23.1 Å². The maximum Gasteiger partial charge on any atom is 0.416 e. The predicted octanol–water partition coefficient (Wildman–Crippen LogP) is 4.30. The number of piperidine rings is 1. The van der Waals surface area contributed by atoms with Crippen molar-refractivity contribution in [1.29, 1.82) is 0 Å². The molecule has 3 heterocycles. The molecule has 8 nitrogen and oxygen atoms in total. The first-order valence-corrected chi connectivity index (χ1v) is 11.4. The van der Waals surface area contributed by atoms with Crippen LogP contribution in [0.5, 0.6) is 11.6 Å². The van der Waals surface area contributed by atoms with E-state index in [1.807, 2.05) is 12.1 Å². The fraction of sp³-hybridized carbons (Fsp3) is 0.320. The Morgan fingerprint density at radius 3 is 2.64 bits per heavy atom. The number of methoxy groups -OCH3 is 1. The lowest BCUT2D eigenvalue weighted by Gasteiger charge is -2.32. The summed E-state index contributed by atoms with van der Waals surface area (Å²) < 4.78 is 51.6. The standard InChI is InChI=1S/C25H26F3N5O3/c1-35-23-11-17(4-8-30-23)15-31-33-9-5-21(6-10-33)36-22-13-19(25(26,27)28)12-20(14-22)32-24(34)18-3-2-7-29-16-18/h2-4,7-8,11-14,16,21,31H,5-6,9-10,15H2,1H3,(H,32,34). The molecule has 0 radical (unpaired) electrons. The van der Waals surface area contributed by atoms with Crippen LogP contribution < -0.4 is 20.2 Å². The van der Waals surface area contributed by atoms with Crippen LogP contribution in [-0.4, -0.2) is 47.2 Å². The average molecular weight is 502 g/mol. The van der Waals surface area contributed by atoms with Gasteiger partial charge in [0.1, 0.15) is 11.9 Å². The number of anilines is 1. The third-order valence-electron chi connectivity index (χ3n) is 5.68. The SMILES string of the molecule is COc1cc(CNN2CCC(Oc3cc(NC(=O)c4cccnc4)cc(C(F)(F)F)c3)CC2)ccn1. The van der Waals surface area contributed by atoms with Crippen molar-refractivity contribution in [3.05, 3.63) is 77.7 Å². The molecule has 1 amide bonds. The summed E-state index contributed by atoms with van der Waals surface area (Å²) in [6.07, 6.45) is 0.932. The van der Waals surface area contributed by atoms with Crippen molar-refractivity contribution in [3.8, 4) is 11.6 Å². The first-order valence-electron chi connectivity index (χ1n) is 11.4. The summed E-state index contributed by atoms with van der Waals surface area (Å²) in [5.74, 6) is 0.0414. The van der Waals surface area contributed by atoms with Gasteiger partial charge in [-0.2, -0.15) is 13.2 Å². The summed E-state index contributed by atoms with van der Waals surface area (Å²) in [6, 6.07) is 10.1. The highest BCUT2D eigenvalue weighted by molar-refractivity contribution is 6.04. The Balaban J connectivity index is 1.36. The molecule has 1 fully saturated rings. The number of benzene rings is 1. The van der Waals surface area contributed by atoms with Crippen LogP contribution in [0, 0.1) is 0 Å². The Hall–Kier alpha value is -3.70. The van der Waals surface area contributed by atoms with Crippen LogP contribution in [0.1, 0.15) is 34.3 Å². The van der Waals surface area contributed by atoms with Crippen LogP contribution in [0.4, 0.5) is 18.9 Å². The summed E-state index contributed by atoms with van der Waals surface area (Å²) in [7, 11) is 1.56. The Labute approximate surface area is 206 Å². The highest BCUT2D eigenvalue weighted by Crippen LogP contribution is 2.35. The minimum Gasteiger partial charge on any atom is -0.490 e. The number of carbonyl (C=O) groups is 1. The van der Waals surface area contributed by atoms with E-state index in [0.29, 0.717) is 38.4 Å². The molecule has 0 atom stereocenters. The summed E-state index contributed by atoms with van der Waals surface area (Å²) in [5.41, 5.74) is 3.70. The van der Waals surface area contributed by atoms with Crippen LogP contribution in [0.3, 0.4) is 0 Å². The summed E-state index contributed by atoms with van der Waals surface area (Å²) in [4.78, 5) is 20.4. The first-order chi connectivity index (χ1) is 17.3. The van der Waals surface area contributed by atoms with Gasteiger partial charge in [0.15, 0.2) is 0 Å². The number of aromatic nitrogens is 2. The van der Waals surface area contributed by atoms with Gasteiger partial charge >= 0.3 is 6.18 Å². The molecule has 0 aliphatic carbocycles. The van der Waals surface area contributed by atoms with Gasteiger partial charge in [-0.25, -0.2) is 9.99 Å². The van der Waals surface area contributed by atoms with E-state index in [4.69, 9.17) is 9.47 Å². The second-order valence-electron chi connectivity index (χ2n) is 8.29. The maximum atomic E-state index is 13.5. The lowest BCUT2D eigenvalue weighted by atomic mass is 10.1. The number of carbonyl (C=O) groups excluding carboxylic acids is 1. The van der Waals surface area contributed by atoms with Gasteiger partial charge < -0.3 is 14.8 Å². The third-order valence-corrected chi connectivity index (χ3v) is 5.68. The van der Waals surface area contributed by atoms with E-state index in [1.165, 1.54) is 24.5 Å². The van der Waals surface area contributed by atoms with Crippen molar-refractivity contribution in [1.82, 2.24) is 20.4 Å². The summed E-state index contributed by atoms with van der Waals surface area (Å²) in [6.45, 7) is 1.92. The molecular formula is C25H26F3N5O3. The van der Waals surface area contributed by atoms with Gasteiger partial charge in [0.2, 0.25) is 5.88 Å². The van der Waals surface area contributed by atoms with Crippen molar-refractivity contribution < 1.29 is 27.4 Å². The van der Waals surface area contributed by atoms with Crippen molar-refractivity contribution in [2.24, 2.45) is 0 Å². The Bertz CT molecular complexity index is 1170. The van der Waals surface area contributed by atoms with E-state index in [0.717, 1.165) is 17.7 Å². The van der Waals surface area contributed by atoms with Crippen molar-refractivity contribution in [3.63, 3.8) is 0 Å². The van der Waals surface area contributed by atoms with Crippen LogP contribution >= 0.6 is 0 Å². The quantitative estimate of drug-likeness (QED) is 0.476. The number of rotatable bonds is 8. The molecule has 0 unspecified atom stereocenters. The Morgan fingerprint density at radius 2 is 1.94 bits per heavy atom. The van der Waals surface area contributed by atoms with Crippen LogP contribution in [0.2, 0.25) is 0 Å². The van der Waals surface area contributed by atoms with E-state index < -0.39 is 17.6 Å². The molecule has 3 aromatic rings. The lowest BCUT2D eigenvalue weighted by molar-refractivity contribution is -0.137. The molecule has 0 saturated carbocycles. The number of hydrazine groups is 1. The molecule has 0 bridgehead atoms. The molecule has 11 heteroatoms. The van der Waals surface area contributed by atoms with Gasteiger partial charge in [-0.1, -0.05) is 0 Å². The Kier molecular flexibility index (Phi) is 8.01. The van der Waals surface area contributed by atoms with E-state index in [9.17, 15) is 18.0 Å². The minimum atomic E-state index is -4.59. The first kappa shape index (κ1) is 25.4. The number of pyridine rings is 2. The molecule has 1 saturated heterocycles. The molecule has 4 rings (SSSR count). The molecule has 2 aromatic heterocycles. The molecule has 190 valence electrons. The lowest BCUT2D eigenvalue weighted by Crippen LogP contribution is -2.45. The van der Waals surface area contributed by atoms with Crippen LogP contribution in [0.15, 0.2) is 61.1 Å². The number of nitrogens with zero attached hydrogens (tertiary/aromatic N) is 3. The van der Waals surface area contributed by atoms with Gasteiger partial charge in [0.05, 0.1) is 18.2 Å². The van der Waals surface area contributed by atoms with E-state index in [1.54, 1.807) is 19.4 Å². The number of hydrogen-bond donors (Lipinski definition) is 2. The average Bonchev–Trinajstić information content (AvgIpc) is 2.88. The van der Waals surface area contributed by atoms with Crippen molar-refractivity contribution in [2.45, 2.75) is 31.7 Å². The molecule has 1 aliphatic heterocycles. The van der Waals surface area contributed by atoms with E-state index >= 15 is 0 Å². The second-order valence-corrected chi connectivity index (χ2v) is 8.29. The molecular weight excluding hydrogens is 475 g/mol. The zero-order valence-corrected chi connectivity index (χ0v) is 19.6. The summed E-state index contributed by atoms with van der Waals surface area (Å²) in [5, 5.41) is 4.56. The van der Waals surface area contributed by atoms with Gasteiger partial charge in [0.25, 0.3) is 5.91 Å². The third kappa shape index (κ3) is 6.92. The largest absolute Gasteiger partial charge is 0.490 e. The van der Waals surface area contributed by atoms with Crippen molar-refractivity contribution in [2.75, 3.05) is 25.5 Å².